The van der Waals surface area contributed by atoms with Gasteiger partial charge in [-0.05, 0) is 30.3 Å². The number of aromatic nitrogens is 1. The van der Waals surface area contributed by atoms with Crippen LogP contribution in [0.1, 0.15) is 16.1 Å². The largest absolute Gasteiger partial charge is 0.493 e. The van der Waals surface area contributed by atoms with E-state index in [0.29, 0.717) is 0 Å². The molecule has 0 saturated carbocycles. The predicted octanol–water partition coefficient (Wildman–Crippen LogP) is 3.60. The van der Waals surface area contributed by atoms with Gasteiger partial charge in [0.1, 0.15) is 11.4 Å². The number of hydrogen-bond acceptors (Lipinski definition) is 4. The van der Waals surface area contributed by atoms with Gasteiger partial charge in [0.25, 0.3) is 0 Å². The second kappa shape index (κ2) is 5.92. The maximum absolute atomic E-state index is 12.4. The Kier molecular flexibility index (Phi) is 4.20. The van der Waals surface area contributed by atoms with Crippen molar-refractivity contribution in [1.29, 1.82) is 0 Å². The first-order valence-electron chi connectivity index (χ1n) is 5.93. The summed E-state index contributed by atoms with van der Waals surface area (Å²) in [6.45, 7) is 0. The zero-order valence-corrected chi connectivity index (χ0v) is 11.2. The average molecular weight is 313 g/mol. The monoisotopic (exact) mass is 313 g/mol. The van der Waals surface area contributed by atoms with E-state index in [9.17, 15) is 18.0 Å². The van der Waals surface area contributed by atoms with Gasteiger partial charge < -0.3 is 14.6 Å². The van der Waals surface area contributed by atoms with Crippen LogP contribution in [0.3, 0.4) is 0 Å². The molecule has 0 unspecified atom stereocenters. The number of methoxy groups -OCH3 is 1. The minimum atomic E-state index is -4.53. The molecule has 0 amide bonds. The molecule has 116 valence electrons. The maximum atomic E-state index is 12.4. The van der Waals surface area contributed by atoms with Crippen molar-refractivity contribution in [2.45, 2.75) is 6.18 Å². The molecule has 0 atom stereocenters. The molecule has 0 aliphatic rings. The molecular weight excluding hydrogens is 303 g/mol. The van der Waals surface area contributed by atoms with Gasteiger partial charge in [-0.1, -0.05) is 0 Å². The lowest BCUT2D eigenvalue weighted by molar-refractivity contribution is -0.141. The zero-order chi connectivity index (χ0) is 16.3. The lowest BCUT2D eigenvalue weighted by Crippen LogP contribution is -2.07. The Morgan fingerprint density at radius 3 is 2.41 bits per heavy atom. The van der Waals surface area contributed by atoms with Crippen molar-refractivity contribution in [1.82, 2.24) is 4.98 Å². The summed E-state index contributed by atoms with van der Waals surface area (Å²) in [6, 6.07) is 5.78. The zero-order valence-electron chi connectivity index (χ0n) is 11.2. The molecule has 2 rings (SSSR count). The average Bonchev–Trinajstić information content (AvgIpc) is 2.47. The van der Waals surface area contributed by atoms with Crippen LogP contribution in [0.15, 0.2) is 36.5 Å². The van der Waals surface area contributed by atoms with Gasteiger partial charge in [0.2, 0.25) is 0 Å². The van der Waals surface area contributed by atoms with Crippen molar-refractivity contribution in [3.63, 3.8) is 0 Å². The highest BCUT2D eigenvalue weighted by Gasteiger charge is 2.32. The summed E-state index contributed by atoms with van der Waals surface area (Å²) in [7, 11) is 1.32. The normalized spacial score (nSPS) is 11.1. The highest BCUT2D eigenvalue weighted by molar-refractivity contribution is 5.88. The summed E-state index contributed by atoms with van der Waals surface area (Å²) in [5, 5.41) is 8.88. The van der Waals surface area contributed by atoms with Crippen LogP contribution in [0.25, 0.3) is 0 Å². The molecule has 22 heavy (non-hydrogen) atoms. The van der Waals surface area contributed by atoms with Gasteiger partial charge in [-0.25, -0.2) is 9.78 Å². The number of halogens is 3. The van der Waals surface area contributed by atoms with E-state index in [1.165, 1.54) is 25.3 Å². The van der Waals surface area contributed by atoms with Crippen molar-refractivity contribution in [3.8, 4) is 17.2 Å². The van der Waals surface area contributed by atoms with Crippen LogP contribution in [0.5, 0.6) is 17.2 Å². The molecule has 0 aliphatic heterocycles. The predicted molar refractivity (Wildman–Crippen MR) is 69.3 cm³/mol. The quantitative estimate of drug-likeness (QED) is 0.934. The molecule has 0 radical (unpaired) electrons. The van der Waals surface area contributed by atoms with E-state index in [2.05, 4.69) is 4.98 Å². The third-order valence-corrected chi connectivity index (χ3v) is 2.67. The van der Waals surface area contributed by atoms with Crippen LogP contribution in [-0.2, 0) is 6.18 Å². The second-order valence-electron chi connectivity index (χ2n) is 4.15. The first-order valence-corrected chi connectivity index (χ1v) is 5.93. The molecule has 2 aromatic rings. The Morgan fingerprint density at radius 1 is 1.18 bits per heavy atom. The van der Waals surface area contributed by atoms with E-state index >= 15 is 0 Å². The number of ether oxygens (including phenoxy) is 2. The summed E-state index contributed by atoms with van der Waals surface area (Å²) >= 11 is 0. The summed E-state index contributed by atoms with van der Waals surface area (Å²) in [4.78, 5) is 14.1. The molecular formula is C14H10F3NO4. The number of aromatic carboxylic acids is 1. The van der Waals surface area contributed by atoms with E-state index in [-0.39, 0.29) is 22.8 Å². The van der Waals surface area contributed by atoms with Gasteiger partial charge in [0, 0.05) is 0 Å². The maximum Gasteiger partial charge on any atom is 0.433 e. The minimum Gasteiger partial charge on any atom is -0.493 e. The van der Waals surface area contributed by atoms with Gasteiger partial charge in [-0.15, -0.1) is 0 Å². The van der Waals surface area contributed by atoms with E-state index in [0.717, 1.165) is 18.3 Å². The molecule has 0 fully saturated rings. The Balaban J connectivity index is 2.25. The van der Waals surface area contributed by atoms with Crippen molar-refractivity contribution < 1.29 is 32.5 Å². The molecule has 0 bridgehead atoms. The van der Waals surface area contributed by atoms with E-state index < -0.39 is 17.8 Å². The lowest BCUT2D eigenvalue weighted by Gasteiger charge is -2.11. The lowest BCUT2D eigenvalue weighted by atomic mass is 10.2. The summed E-state index contributed by atoms with van der Waals surface area (Å²) in [6.07, 6.45) is -3.60. The van der Waals surface area contributed by atoms with Crippen LogP contribution < -0.4 is 9.47 Å². The number of carboxylic acid groups (broad SMARTS) is 1. The Morgan fingerprint density at radius 2 is 1.91 bits per heavy atom. The summed E-state index contributed by atoms with van der Waals surface area (Å²) in [5.74, 6) is -0.774. The number of carbonyl (C=O) groups is 1. The van der Waals surface area contributed by atoms with E-state index in [1.54, 1.807) is 0 Å². The van der Waals surface area contributed by atoms with E-state index in [4.69, 9.17) is 14.6 Å². The van der Waals surface area contributed by atoms with Crippen LogP contribution in [0.2, 0.25) is 0 Å². The number of nitrogens with zero attached hydrogens (tertiary/aromatic N) is 1. The van der Waals surface area contributed by atoms with E-state index in [1.807, 2.05) is 0 Å². The molecule has 0 saturated heterocycles. The fourth-order valence-corrected chi connectivity index (χ4v) is 1.62. The molecule has 1 aromatic heterocycles. The highest BCUT2D eigenvalue weighted by atomic mass is 19.4. The number of rotatable bonds is 4. The van der Waals surface area contributed by atoms with Crippen LogP contribution in [0.4, 0.5) is 13.2 Å². The number of benzene rings is 1. The van der Waals surface area contributed by atoms with Gasteiger partial charge in [-0.2, -0.15) is 13.2 Å². The smallest absolute Gasteiger partial charge is 0.433 e. The Labute approximate surface area is 122 Å². The first-order chi connectivity index (χ1) is 10.3. The van der Waals surface area contributed by atoms with Crippen LogP contribution in [0, 0.1) is 0 Å². The fourth-order valence-electron chi connectivity index (χ4n) is 1.62. The van der Waals surface area contributed by atoms with Gasteiger partial charge in [0.15, 0.2) is 11.5 Å². The van der Waals surface area contributed by atoms with Crippen molar-refractivity contribution in [2.75, 3.05) is 7.11 Å². The fraction of sp³-hybridized carbons (Fsp3) is 0.143. The molecule has 1 heterocycles. The standard InChI is InChI=1S/C14H10F3NO4/c1-21-11-6-8(13(19)20)2-4-10(11)22-9-3-5-12(18-7-9)14(15,16)17/h2-7H,1H3,(H,19,20). The number of pyridine rings is 1. The minimum absolute atomic E-state index is 0.00487. The number of carboxylic acids is 1. The Hall–Kier alpha value is -2.77. The third-order valence-electron chi connectivity index (χ3n) is 2.67. The number of alkyl halides is 3. The molecule has 0 aliphatic carbocycles. The van der Waals surface area contributed by atoms with Crippen molar-refractivity contribution in [3.05, 3.63) is 47.8 Å². The van der Waals surface area contributed by atoms with Crippen molar-refractivity contribution in [2.24, 2.45) is 0 Å². The molecule has 1 aromatic carbocycles. The molecule has 0 spiro atoms. The Bertz CT molecular complexity index is 683. The second-order valence-corrected chi connectivity index (χ2v) is 4.15. The van der Waals surface area contributed by atoms with Gasteiger partial charge >= 0.3 is 12.1 Å². The summed E-state index contributed by atoms with van der Waals surface area (Å²) in [5.41, 5.74) is -1.04. The van der Waals surface area contributed by atoms with Gasteiger partial charge in [-0.3, -0.25) is 0 Å². The molecule has 1 N–H and O–H groups in total. The van der Waals surface area contributed by atoms with Crippen LogP contribution in [-0.4, -0.2) is 23.2 Å². The first kappa shape index (κ1) is 15.6. The van der Waals surface area contributed by atoms with Gasteiger partial charge in [0.05, 0.1) is 18.9 Å². The molecule has 5 nitrogen and oxygen atoms in total. The SMILES string of the molecule is COc1cc(C(=O)O)ccc1Oc1ccc(C(F)(F)F)nc1. The number of hydrogen-bond donors (Lipinski definition) is 1. The van der Waals surface area contributed by atoms with Crippen molar-refractivity contribution >= 4 is 5.97 Å². The van der Waals surface area contributed by atoms with Crippen LogP contribution >= 0.6 is 0 Å². The highest BCUT2D eigenvalue weighted by Crippen LogP contribution is 2.33. The summed E-state index contributed by atoms with van der Waals surface area (Å²) < 4.78 is 47.6. The topological polar surface area (TPSA) is 68.7 Å². The third kappa shape index (κ3) is 3.46. The molecule has 8 heteroatoms.